The van der Waals surface area contributed by atoms with Crippen LogP contribution in [0.1, 0.15) is 12.8 Å². The van der Waals surface area contributed by atoms with Gasteiger partial charge in [-0.25, -0.2) is 0 Å². The third kappa shape index (κ3) is 4.45. The number of nitrogens with two attached hydrogens (primary N) is 1. The van der Waals surface area contributed by atoms with Crippen molar-refractivity contribution in [3.8, 4) is 0 Å². The van der Waals surface area contributed by atoms with Gasteiger partial charge in [0.05, 0.1) is 9.74 Å². The Kier molecular flexibility index (Phi) is 5.69. The standard InChI is InChI=1S/C9H16F3N3O2S3/c1-19-8(7(13)18)2-4-15(5-3-8)20(16,17)14-6-9(10,11)12/h14H,2-6H2,1H3,(H2,13,18). The van der Waals surface area contributed by atoms with E-state index in [4.69, 9.17) is 18.0 Å². The van der Waals surface area contributed by atoms with Gasteiger partial charge in [-0.05, 0) is 19.1 Å². The van der Waals surface area contributed by atoms with Crippen molar-refractivity contribution in [2.45, 2.75) is 23.8 Å². The molecule has 0 amide bonds. The lowest BCUT2D eigenvalue weighted by atomic mass is 9.97. The van der Waals surface area contributed by atoms with Crippen LogP contribution in [0.15, 0.2) is 0 Å². The molecule has 0 unspecified atom stereocenters. The summed E-state index contributed by atoms with van der Waals surface area (Å²) in [5, 5.41) is 0. The van der Waals surface area contributed by atoms with Crippen LogP contribution in [-0.4, -0.2) is 54.5 Å². The summed E-state index contributed by atoms with van der Waals surface area (Å²) < 4.78 is 61.7. The van der Waals surface area contributed by atoms with Gasteiger partial charge in [0, 0.05) is 13.1 Å². The summed E-state index contributed by atoms with van der Waals surface area (Å²) in [6.07, 6.45) is -1.98. The molecule has 118 valence electrons. The molecule has 1 rings (SSSR count). The summed E-state index contributed by atoms with van der Waals surface area (Å²) in [5.41, 5.74) is 5.66. The van der Waals surface area contributed by atoms with Crippen molar-refractivity contribution in [2.75, 3.05) is 25.9 Å². The minimum Gasteiger partial charge on any atom is -0.392 e. The third-order valence-electron chi connectivity index (χ3n) is 3.16. The number of nitrogens with zero attached hydrogens (tertiary/aromatic N) is 1. The van der Waals surface area contributed by atoms with Crippen LogP contribution in [0.25, 0.3) is 0 Å². The Hall–Kier alpha value is -0.100. The molecule has 0 radical (unpaired) electrons. The molecule has 20 heavy (non-hydrogen) atoms. The number of hydrogen-bond acceptors (Lipinski definition) is 4. The molecule has 1 aliphatic heterocycles. The molecule has 5 nitrogen and oxygen atoms in total. The Morgan fingerprint density at radius 1 is 1.45 bits per heavy atom. The molecular weight excluding hydrogens is 335 g/mol. The van der Waals surface area contributed by atoms with Crippen molar-refractivity contribution in [3.05, 3.63) is 0 Å². The molecule has 11 heteroatoms. The zero-order valence-electron chi connectivity index (χ0n) is 10.7. The summed E-state index contributed by atoms with van der Waals surface area (Å²) in [7, 11) is -4.13. The molecule has 1 saturated heterocycles. The highest BCUT2D eigenvalue weighted by atomic mass is 32.2. The highest BCUT2D eigenvalue weighted by Crippen LogP contribution is 2.35. The van der Waals surface area contributed by atoms with E-state index in [9.17, 15) is 21.6 Å². The van der Waals surface area contributed by atoms with E-state index < -0.39 is 27.7 Å². The fourth-order valence-corrected chi connectivity index (χ4v) is 4.34. The van der Waals surface area contributed by atoms with Gasteiger partial charge in [-0.15, -0.1) is 0 Å². The number of piperidine rings is 1. The normalized spacial score (nSPS) is 20.8. The van der Waals surface area contributed by atoms with Gasteiger partial charge in [0.15, 0.2) is 0 Å². The molecule has 0 atom stereocenters. The first-order valence-corrected chi connectivity index (χ1v) is 8.76. The quantitative estimate of drug-likeness (QED) is 0.719. The van der Waals surface area contributed by atoms with Crippen LogP contribution in [0.2, 0.25) is 0 Å². The Labute approximate surface area is 125 Å². The SMILES string of the molecule is CSC1(C(N)=S)CCN(S(=O)(=O)NCC(F)(F)F)CC1. The summed E-state index contributed by atoms with van der Waals surface area (Å²) in [6.45, 7) is -1.40. The zero-order valence-corrected chi connectivity index (χ0v) is 13.2. The molecule has 0 aromatic heterocycles. The van der Waals surface area contributed by atoms with Crippen LogP contribution >= 0.6 is 24.0 Å². The predicted molar refractivity (Wildman–Crippen MR) is 76.8 cm³/mol. The molecule has 0 saturated carbocycles. The van der Waals surface area contributed by atoms with Gasteiger partial charge in [-0.1, -0.05) is 12.2 Å². The van der Waals surface area contributed by atoms with Crippen molar-refractivity contribution < 1.29 is 21.6 Å². The number of halogens is 3. The fourth-order valence-electron chi connectivity index (χ4n) is 1.90. The number of rotatable bonds is 5. The van der Waals surface area contributed by atoms with E-state index in [1.54, 1.807) is 4.72 Å². The molecule has 0 bridgehead atoms. The monoisotopic (exact) mass is 351 g/mol. The van der Waals surface area contributed by atoms with Crippen LogP contribution in [0.5, 0.6) is 0 Å². The van der Waals surface area contributed by atoms with Crippen molar-refractivity contribution in [2.24, 2.45) is 5.73 Å². The average Bonchev–Trinajstić information content (AvgIpc) is 2.35. The largest absolute Gasteiger partial charge is 0.402 e. The fraction of sp³-hybridized carbons (Fsp3) is 0.889. The molecule has 3 N–H and O–H groups in total. The van der Waals surface area contributed by atoms with Crippen molar-refractivity contribution in [3.63, 3.8) is 0 Å². The lowest BCUT2D eigenvalue weighted by molar-refractivity contribution is -0.121. The first-order chi connectivity index (χ1) is 9.02. The topological polar surface area (TPSA) is 75.4 Å². The Morgan fingerprint density at radius 2 is 1.95 bits per heavy atom. The van der Waals surface area contributed by atoms with Gasteiger partial charge in [0.25, 0.3) is 10.2 Å². The molecule has 0 aromatic carbocycles. The second-order valence-corrected chi connectivity index (χ2v) is 7.79. The van der Waals surface area contributed by atoms with E-state index in [0.29, 0.717) is 17.8 Å². The smallest absolute Gasteiger partial charge is 0.392 e. The van der Waals surface area contributed by atoms with Crippen LogP contribution in [0.3, 0.4) is 0 Å². The Morgan fingerprint density at radius 3 is 2.30 bits per heavy atom. The molecule has 1 heterocycles. The van der Waals surface area contributed by atoms with Crippen LogP contribution in [-0.2, 0) is 10.2 Å². The molecular formula is C9H16F3N3O2S3. The van der Waals surface area contributed by atoms with Gasteiger partial charge in [-0.2, -0.15) is 42.4 Å². The minimum absolute atomic E-state index is 0.0887. The number of thioether (sulfide) groups is 1. The molecule has 0 spiro atoms. The van der Waals surface area contributed by atoms with E-state index >= 15 is 0 Å². The van der Waals surface area contributed by atoms with E-state index in [0.717, 1.165) is 4.31 Å². The van der Waals surface area contributed by atoms with Crippen LogP contribution < -0.4 is 10.5 Å². The lowest BCUT2D eigenvalue weighted by Crippen LogP contribution is -2.53. The van der Waals surface area contributed by atoms with E-state index in [-0.39, 0.29) is 13.1 Å². The van der Waals surface area contributed by atoms with E-state index in [2.05, 4.69) is 0 Å². The maximum atomic E-state index is 12.1. The first kappa shape index (κ1) is 18.0. The van der Waals surface area contributed by atoms with E-state index in [1.807, 2.05) is 6.26 Å². The number of hydrogen-bond donors (Lipinski definition) is 2. The Bertz CT molecular complexity index is 459. The van der Waals surface area contributed by atoms with Crippen molar-refractivity contribution >= 4 is 39.2 Å². The number of nitrogens with one attached hydrogen (secondary N) is 1. The van der Waals surface area contributed by atoms with Gasteiger partial charge < -0.3 is 5.73 Å². The minimum atomic E-state index is -4.58. The average molecular weight is 351 g/mol. The predicted octanol–water partition coefficient (Wildman–Crippen LogP) is 0.867. The Balaban J connectivity index is 2.67. The lowest BCUT2D eigenvalue weighted by Gasteiger charge is -2.39. The van der Waals surface area contributed by atoms with Gasteiger partial charge in [-0.3, -0.25) is 0 Å². The first-order valence-electron chi connectivity index (χ1n) is 5.69. The van der Waals surface area contributed by atoms with Gasteiger partial charge in [0.1, 0.15) is 6.54 Å². The summed E-state index contributed by atoms with van der Waals surface area (Å²) >= 11 is 6.43. The number of thiocarbonyl (C=S) groups is 1. The maximum absolute atomic E-state index is 12.1. The maximum Gasteiger partial charge on any atom is 0.402 e. The molecule has 1 fully saturated rings. The molecule has 0 aromatic rings. The molecule has 0 aliphatic carbocycles. The van der Waals surface area contributed by atoms with Crippen molar-refractivity contribution in [1.29, 1.82) is 0 Å². The van der Waals surface area contributed by atoms with E-state index in [1.165, 1.54) is 11.8 Å². The molecule has 1 aliphatic rings. The van der Waals surface area contributed by atoms with Gasteiger partial charge >= 0.3 is 6.18 Å². The third-order valence-corrected chi connectivity index (χ3v) is 6.65. The summed E-state index contributed by atoms with van der Waals surface area (Å²) in [5.74, 6) is 0. The second kappa shape index (κ2) is 6.34. The zero-order chi connectivity index (χ0) is 15.6. The highest BCUT2D eigenvalue weighted by molar-refractivity contribution is 8.02. The number of alkyl halides is 3. The second-order valence-electron chi connectivity index (χ2n) is 4.40. The van der Waals surface area contributed by atoms with Crippen LogP contribution in [0.4, 0.5) is 13.2 Å². The van der Waals surface area contributed by atoms with Crippen molar-refractivity contribution in [1.82, 2.24) is 9.03 Å². The summed E-state index contributed by atoms with van der Waals surface area (Å²) in [4.78, 5) is 0.297. The van der Waals surface area contributed by atoms with Gasteiger partial charge in [0.2, 0.25) is 0 Å². The highest BCUT2D eigenvalue weighted by Gasteiger charge is 2.40. The summed E-state index contributed by atoms with van der Waals surface area (Å²) in [6, 6.07) is 0. The van der Waals surface area contributed by atoms with Crippen LogP contribution in [0, 0.1) is 0 Å².